The highest BCUT2D eigenvalue weighted by Gasteiger charge is 2.34. The van der Waals surface area contributed by atoms with Crippen molar-refractivity contribution in [1.29, 1.82) is 0 Å². The van der Waals surface area contributed by atoms with E-state index in [1.165, 1.54) is 12.1 Å². The quantitative estimate of drug-likeness (QED) is 0.618. The molecule has 1 atom stereocenters. The Morgan fingerprint density at radius 2 is 2.14 bits per heavy atom. The first-order valence-corrected chi connectivity index (χ1v) is 6.73. The summed E-state index contributed by atoms with van der Waals surface area (Å²) in [5.74, 6) is -1.55. The largest absolute Gasteiger partial charge is 0.481 e. The molecule has 8 heteroatoms. The number of amides is 1. The van der Waals surface area contributed by atoms with Gasteiger partial charge in [0.1, 0.15) is 5.56 Å². The molecule has 2 rings (SSSR count). The van der Waals surface area contributed by atoms with Crippen molar-refractivity contribution in [3.05, 3.63) is 38.9 Å². The average molecular weight is 313 g/mol. The molecule has 2 N–H and O–H groups in total. The minimum Gasteiger partial charge on any atom is -0.481 e. The summed E-state index contributed by atoms with van der Waals surface area (Å²) >= 11 is 5.69. The van der Waals surface area contributed by atoms with Crippen molar-refractivity contribution >= 4 is 29.2 Å². The fourth-order valence-electron chi connectivity index (χ4n) is 2.12. The third kappa shape index (κ3) is 3.91. The van der Waals surface area contributed by atoms with Crippen molar-refractivity contribution < 1.29 is 19.6 Å². The van der Waals surface area contributed by atoms with Crippen LogP contribution in [0.5, 0.6) is 0 Å². The molecule has 1 unspecified atom stereocenters. The van der Waals surface area contributed by atoms with Crippen molar-refractivity contribution in [2.75, 3.05) is 0 Å². The summed E-state index contributed by atoms with van der Waals surface area (Å²) in [6, 6.07) is 3.23. The fraction of sp³-hybridized carbons (Fsp3) is 0.385. The Balaban J connectivity index is 2.19. The van der Waals surface area contributed by atoms with E-state index in [4.69, 9.17) is 16.7 Å². The predicted molar refractivity (Wildman–Crippen MR) is 74.3 cm³/mol. The number of aliphatic carboxylic acids is 1. The topological polar surface area (TPSA) is 110 Å². The Bertz CT molecular complexity index is 600. The number of carboxylic acid groups (broad SMARTS) is 1. The third-order valence-corrected chi connectivity index (χ3v) is 3.54. The van der Waals surface area contributed by atoms with Crippen LogP contribution in [0.3, 0.4) is 0 Å². The molecule has 0 aromatic heterocycles. The van der Waals surface area contributed by atoms with Gasteiger partial charge in [-0.25, -0.2) is 0 Å². The molecule has 1 fully saturated rings. The number of hydrogen-bond acceptors (Lipinski definition) is 4. The molecule has 0 saturated heterocycles. The molecule has 1 saturated carbocycles. The van der Waals surface area contributed by atoms with Crippen LogP contribution in [0.2, 0.25) is 5.02 Å². The third-order valence-electron chi connectivity index (χ3n) is 3.30. The van der Waals surface area contributed by atoms with Gasteiger partial charge in [0.2, 0.25) is 0 Å². The maximum absolute atomic E-state index is 12.2. The number of carboxylic acids is 1. The van der Waals surface area contributed by atoms with Crippen LogP contribution < -0.4 is 5.32 Å². The number of nitrogens with one attached hydrogen (secondary N) is 1. The lowest BCUT2D eigenvalue weighted by Crippen LogP contribution is -2.38. The molecule has 1 aliphatic carbocycles. The first-order chi connectivity index (χ1) is 9.88. The van der Waals surface area contributed by atoms with E-state index in [0.29, 0.717) is 0 Å². The van der Waals surface area contributed by atoms with Crippen LogP contribution in [0, 0.1) is 16.0 Å². The molecule has 0 heterocycles. The van der Waals surface area contributed by atoms with Gasteiger partial charge in [-0.1, -0.05) is 11.6 Å². The number of carbonyl (C=O) groups excluding carboxylic acids is 1. The van der Waals surface area contributed by atoms with Gasteiger partial charge in [0.25, 0.3) is 11.6 Å². The van der Waals surface area contributed by atoms with E-state index in [1.54, 1.807) is 0 Å². The number of rotatable bonds is 6. The number of hydrogen-bond donors (Lipinski definition) is 2. The number of nitro benzene ring substituents is 1. The lowest BCUT2D eigenvalue weighted by atomic mass is 10.1. The second-order valence-electron chi connectivity index (χ2n) is 4.93. The molecule has 1 aromatic carbocycles. The Kier molecular flexibility index (Phi) is 4.42. The van der Waals surface area contributed by atoms with Gasteiger partial charge in [-0.15, -0.1) is 0 Å². The lowest BCUT2D eigenvalue weighted by Gasteiger charge is -2.16. The van der Waals surface area contributed by atoms with E-state index in [0.717, 1.165) is 18.9 Å². The Morgan fingerprint density at radius 1 is 1.48 bits per heavy atom. The van der Waals surface area contributed by atoms with E-state index in [9.17, 15) is 19.7 Å². The monoisotopic (exact) mass is 312 g/mol. The first kappa shape index (κ1) is 15.2. The summed E-state index contributed by atoms with van der Waals surface area (Å²) in [6.07, 6.45) is 1.50. The standard InChI is InChI=1S/C13H13ClN2O5/c14-8-3-4-9(11(5-8)16(20)21)13(19)15-10(6-12(17)18)7-1-2-7/h3-5,7,10H,1-2,6H2,(H,15,19)(H,17,18). The van der Waals surface area contributed by atoms with Gasteiger partial charge in [0.05, 0.1) is 11.3 Å². The molecule has 112 valence electrons. The predicted octanol–water partition coefficient (Wildman–Crippen LogP) is 2.23. The first-order valence-electron chi connectivity index (χ1n) is 6.35. The normalized spacial score (nSPS) is 15.3. The molecule has 0 aliphatic heterocycles. The molecule has 1 amide bonds. The van der Waals surface area contributed by atoms with Crippen molar-refractivity contribution in [3.8, 4) is 0 Å². The number of halogens is 1. The minimum absolute atomic E-state index is 0.122. The van der Waals surface area contributed by atoms with Crippen LogP contribution in [0.25, 0.3) is 0 Å². The smallest absolute Gasteiger partial charge is 0.305 e. The molecular formula is C13H13ClN2O5. The highest BCUT2D eigenvalue weighted by atomic mass is 35.5. The zero-order valence-electron chi connectivity index (χ0n) is 10.9. The number of benzene rings is 1. The lowest BCUT2D eigenvalue weighted by molar-refractivity contribution is -0.385. The molecular weight excluding hydrogens is 300 g/mol. The number of carbonyl (C=O) groups is 2. The summed E-state index contributed by atoms with van der Waals surface area (Å²) in [5.41, 5.74) is -0.523. The average Bonchev–Trinajstić information content (AvgIpc) is 3.21. The van der Waals surface area contributed by atoms with E-state index in [2.05, 4.69) is 5.32 Å². The molecule has 7 nitrogen and oxygen atoms in total. The van der Waals surface area contributed by atoms with Crippen LogP contribution >= 0.6 is 11.6 Å². The molecule has 0 spiro atoms. The summed E-state index contributed by atoms with van der Waals surface area (Å²) in [6.45, 7) is 0. The summed E-state index contributed by atoms with van der Waals surface area (Å²) < 4.78 is 0. The molecule has 1 aliphatic rings. The van der Waals surface area contributed by atoms with E-state index >= 15 is 0 Å². The zero-order chi connectivity index (χ0) is 15.6. The Hall–Kier alpha value is -2.15. The second kappa shape index (κ2) is 6.09. The minimum atomic E-state index is -1.02. The van der Waals surface area contributed by atoms with E-state index < -0.39 is 28.5 Å². The van der Waals surface area contributed by atoms with E-state index in [1.807, 2.05) is 0 Å². The molecule has 1 aromatic rings. The van der Waals surface area contributed by atoms with Gasteiger partial charge in [0, 0.05) is 17.1 Å². The van der Waals surface area contributed by atoms with Crippen molar-refractivity contribution in [2.24, 2.45) is 5.92 Å². The maximum atomic E-state index is 12.2. The van der Waals surface area contributed by atoms with Crippen LogP contribution in [0.4, 0.5) is 5.69 Å². The van der Waals surface area contributed by atoms with Crippen LogP contribution in [0.15, 0.2) is 18.2 Å². The highest BCUT2D eigenvalue weighted by Crippen LogP contribution is 2.34. The van der Waals surface area contributed by atoms with Gasteiger partial charge in [-0.3, -0.25) is 19.7 Å². The van der Waals surface area contributed by atoms with Gasteiger partial charge < -0.3 is 10.4 Å². The summed E-state index contributed by atoms with van der Waals surface area (Å²) in [7, 11) is 0. The maximum Gasteiger partial charge on any atom is 0.305 e. The zero-order valence-corrected chi connectivity index (χ0v) is 11.7. The number of nitro groups is 1. The van der Waals surface area contributed by atoms with Crippen LogP contribution in [-0.2, 0) is 4.79 Å². The van der Waals surface area contributed by atoms with Crippen molar-refractivity contribution in [3.63, 3.8) is 0 Å². The Labute approximate surface area is 125 Å². The van der Waals surface area contributed by atoms with Gasteiger partial charge in [0.15, 0.2) is 0 Å². The van der Waals surface area contributed by atoms with E-state index in [-0.39, 0.29) is 22.9 Å². The van der Waals surface area contributed by atoms with Crippen LogP contribution in [-0.4, -0.2) is 27.9 Å². The summed E-state index contributed by atoms with van der Waals surface area (Å²) in [4.78, 5) is 33.2. The summed E-state index contributed by atoms with van der Waals surface area (Å²) in [5, 5.41) is 22.5. The van der Waals surface area contributed by atoms with Gasteiger partial charge >= 0.3 is 5.97 Å². The van der Waals surface area contributed by atoms with Crippen LogP contribution in [0.1, 0.15) is 29.6 Å². The number of nitrogens with zero attached hydrogens (tertiary/aromatic N) is 1. The molecule has 0 bridgehead atoms. The van der Waals surface area contributed by atoms with Crippen molar-refractivity contribution in [1.82, 2.24) is 5.32 Å². The van der Waals surface area contributed by atoms with Gasteiger partial charge in [-0.2, -0.15) is 0 Å². The Morgan fingerprint density at radius 3 is 2.67 bits per heavy atom. The fourth-order valence-corrected chi connectivity index (χ4v) is 2.28. The molecule has 21 heavy (non-hydrogen) atoms. The molecule has 0 radical (unpaired) electrons. The van der Waals surface area contributed by atoms with Gasteiger partial charge in [-0.05, 0) is 30.9 Å². The highest BCUT2D eigenvalue weighted by molar-refractivity contribution is 6.31. The van der Waals surface area contributed by atoms with Crippen molar-refractivity contribution in [2.45, 2.75) is 25.3 Å². The second-order valence-corrected chi connectivity index (χ2v) is 5.37. The SMILES string of the molecule is O=C(O)CC(NC(=O)c1ccc(Cl)cc1[N+](=O)[O-])C1CC1.